The molecule has 0 unspecified atom stereocenters. The van der Waals surface area contributed by atoms with Gasteiger partial charge in [-0.25, -0.2) is 0 Å². The number of aryl methyl sites for hydroxylation is 2. The van der Waals surface area contributed by atoms with Gasteiger partial charge >= 0.3 is 0 Å². The highest BCUT2D eigenvalue weighted by atomic mass is 14.5. The summed E-state index contributed by atoms with van der Waals surface area (Å²) in [6.45, 7) is 36.4. The molecule has 0 N–H and O–H groups in total. The summed E-state index contributed by atoms with van der Waals surface area (Å²) in [4.78, 5) is 0. The van der Waals surface area contributed by atoms with Crippen LogP contribution < -0.4 is 10.9 Å². The molecular weight excluding hydrogens is 883 g/mol. The fraction of sp³-hybridized carbons (Fsp3) is 0.304. The van der Waals surface area contributed by atoms with Gasteiger partial charge in [0.05, 0.1) is 18.0 Å². The number of rotatable bonds is 1. The minimum absolute atomic E-state index is 0. The molecule has 8 aromatic rings. The molecule has 0 aromatic heterocycles. The van der Waals surface area contributed by atoms with Crippen LogP contribution >= 0.6 is 0 Å². The lowest BCUT2D eigenvalue weighted by Gasteiger charge is -2.30. The molecule has 4 aliphatic rings. The van der Waals surface area contributed by atoms with E-state index in [1.165, 1.54) is 100 Å². The highest BCUT2D eigenvalue weighted by Gasteiger charge is 2.52. The van der Waals surface area contributed by atoms with Crippen LogP contribution in [-0.4, -0.2) is 38.2 Å². The first-order valence-electron chi connectivity index (χ1n) is 27.2. The smallest absolute Gasteiger partial charge is 0.113 e. The van der Waals surface area contributed by atoms with Crippen LogP contribution in [0.5, 0.6) is 0 Å². The minimum atomic E-state index is -0.307. The molecule has 0 fully saturated rings. The van der Waals surface area contributed by atoms with Gasteiger partial charge in [0.25, 0.3) is 0 Å². The second-order valence-electron chi connectivity index (χ2n) is 15.6. The van der Waals surface area contributed by atoms with E-state index in [1.54, 1.807) is 7.17 Å². The fourth-order valence-corrected chi connectivity index (χ4v) is 10.7. The molecule has 0 amide bonds. The summed E-state index contributed by atoms with van der Waals surface area (Å²) in [7, 11) is 18.7. The summed E-state index contributed by atoms with van der Waals surface area (Å²) < 4.78 is 0. The molecule has 12 rings (SSSR count). The average molecular weight is 973 g/mol. The van der Waals surface area contributed by atoms with Crippen LogP contribution in [0.1, 0.15) is 174 Å². The SMILES string of the molecule is C.CC.CC.CC.CC.CC.CC.CC.CC.Cc1ccc2c(c1)-c1cc(C)ccc1C21c2ccccc2-c2ccccc21.[B][BH3-].[B][B]c1ccc2c(c1)-c1cc([B])ccc1C21c2ccccc2-c2ccccc21. The molecule has 74 heavy (non-hydrogen) atoms. The maximum absolute atomic E-state index is 6.20. The second-order valence-corrected chi connectivity index (χ2v) is 15.6. The Hall–Kier alpha value is -5.92. The molecule has 2 spiro atoms. The van der Waals surface area contributed by atoms with Crippen molar-refractivity contribution in [3.8, 4) is 44.5 Å². The number of hydrogen-bond donors (Lipinski definition) is 0. The Morgan fingerprint density at radius 2 is 0.554 bits per heavy atom. The second kappa shape index (κ2) is 32.4. The summed E-state index contributed by atoms with van der Waals surface area (Å²) in [5, 5.41) is 0. The fourth-order valence-electron chi connectivity index (χ4n) is 10.7. The maximum Gasteiger partial charge on any atom is 0.113 e. The van der Waals surface area contributed by atoms with Crippen molar-refractivity contribution in [2.24, 2.45) is 0 Å². The summed E-state index contributed by atoms with van der Waals surface area (Å²) >= 11 is 0. The van der Waals surface area contributed by atoms with E-state index in [4.69, 9.17) is 23.3 Å². The first kappa shape index (κ1) is 66.1. The van der Waals surface area contributed by atoms with E-state index < -0.39 is 0 Å². The number of fused-ring (bicyclic) bond motifs is 20. The standard InChI is InChI=1S/C27H20.C25H14B3.8C2H6.CH4.B2H3/c1-17-11-13-25-21(15-17)22-16-18(2)12-14-26(22)27(25)23-9-5-3-7-19(23)20-8-4-6-10-24(20)27;26-15-9-11-23-19(13-15)20-14-16(28-27)10-12-24(20)25(23)21-7-3-1-5-17(21)18-6-2-4-8-22(18)25;8*1-2;;1-2/h3-16H,1-2H3;1-14H;8*1-2H3;1H4;1H3/q;;;;;;;;;;;-1. The van der Waals surface area contributed by atoms with Gasteiger partial charge in [-0.15, -0.1) is 0 Å². The molecule has 0 saturated carbocycles. The third kappa shape index (κ3) is 11.5. The van der Waals surface area contributed by atoms with Crippen molar-refractivity contribution in [1.82, 2.24) is 0 Å². The summed E-state index contributed by atoms with van der Waals surface area (Å²) in [6, 6.07) is 62.3. The lowest BCUT2D eigenvalue weighted by atomic mass is 9.51. The lowest BCUT2D eigenvalue weighted by Crippen LogP contribution is -2.26. The first-order valence-corrected chi connectivity index (χ1v) is 27.2. The predicted molar refractivity (Wildman–Crippen MR) is 345 cm³/mol. The van der Waals surface area contributed by atoms with Crippen molar-refractivity contribution >= 4 is 49.2 Å². The van der Waals surface area contributed by atoms with Gasteiger partial charge in [0, 0.05) is 7.74 Å². The van der Waals surface area contributed by atoms with Crippen LogP contribution in [-0.2, 0) is 10.8 Å². The summed E-state index contributed by atoms with van der Waals surface area (Å²) in [5.41, 5.74) is 25.4. The van der Waals surface area contributed by atoms with Crippen LogP contribution in [0.25, 0.3) is 44.5 Å². The predicted octanol–water partition coefficient (Wildman–Crippen LogP) is 17.2. The Morgan fingerprint density at radius 3 is 0.865 bits per heavy atom. The molecule has 0 nitrogen and oxygen atoms in total. The van der Waals surface area contributed by atoms with Crippen molar-refractivity contribution in [2.75, 3.05) is 0 Å². The van der Waals surface area contributed by atoms with Gasteiger partial charge in [0.15, 0.2) is 0 Å². The number of hydrogen-bond acceptors (Lipinski definition) is 0. The zero-order valence-electron chi connectivity index (χ0n) is 47.5. The third-order valence-electron chi connectivity index (χ3n) is 12.7. The van der Waals surface area contributed by atoms with Gasteiger partial charge in [-0.2, -0.15) is 7.74 Å². The normalized spacial score (nSPS) is 11.4. The topological polar surface area (TPSA) is 0 Å². The third-order valence-corrected chi connectivity index (χ3v) is 12.7. The molecule has 0 aliphatic heterocycles. The van der Waals surface area contributed by atoms with Gasteiger partial charge in [-0.3, -0.25) is 0 Å². The molecule has 5 heteroatoms. The molecule has 0 atom stereocenters. The first-order chi connectivity index (χ1) is 36.0. The van der Waals surface area contributed by atoms with Crippen LogP contribution in [0.4, 0.5) is 0 Å². The van der Waals surface area contributed by atoms with E-state index in [0.29, 0.717) is 0 Å². The van der Waals surface area contributed by atoms with E-state index in [0.717, 1.165) is 10.9 Å². The molecule has 7 radical (unpaired) electrons. The van der Waals surface area contributed by atoms with Crippen LogP contribution in [0.3, 0.4) is 0 Å². The van der Waals surface area contributed by atoms with E-state index >= 15 is 0 Å². The Morgan fingerprint density at radius 1 is 0.311 bits per heavy atom. The van der Waals surface area contributed by atoms with Crippen molar-refractivity contribution < 1.29 is 0 Å². The average Bonchev–Trinajstić information content (AvgIpc) is 4.16. The van der Waals surface area contributed by atoms with E-state index in [9.17, 15) is 0 Å². The largest absolute Gasteiger partial charge is 0.194 e. The van der Waals surface area contributed by atoms with E-state index in [2.05, 4.69) is 178 Å². The molecule has 0 heterocycles. The highest BCUT2D eigenvalue weighted by Crippen LogP contribution is 2.64. The van der Waals surface area contributed by atoms with Crippen molar-refractivity contribution in [3.63, 3.8) is 0 Å². The number of benzene rings is 8. The lowest BCUT2D eigenvalue weighted by molar-refractivity contribution is 0.793. The van der Waals surface area contributed by atoms with Crippen molar-refractivity contribution in [3.05, 3.63) is 225 Å². The highest BCUT2D eigenvalue weighted by molar-refractivity contribution is 6.97. The maximum atomic E-state index is 6.20. The zero-order valence-corrected chi connectivity index (χ0v) is 47.5. The summed E-state index contributed by atoms with van der Waals surface area (Å²) in [6.07, 6.45) is 0. The van der Waals surface area contributed by atoms with Gasteiger partial charge in [0.1, 0.15) is 7.85 Å². The van der Waals surface area contributed by atoms with E-state index in [1.807, 2.05) is 117 Å². The van der Waals surface area contributed by atoms with Gasteiger partial charge in [0.2, 0.25) is 0 Å². The Labute approximate surface area is 459 Å². The monoisotopic (exact) mass is 973 g/mol. The van der Waals surface area contributed by atoms with Gasteiger partial charge < -0.3 is 0 Å². The summed E-state index contributed by atoms with van der Waals surface area (Å²) in [5.74, 6) is 0. The zero-order chi connectivity index (χ0) is 55.1. The molecular formula is C69H89B5-. The van der Waals surface area contributed by atoms with Crippen molar-refractivity contribution in [2.45, 2.75) is 143 Å². The quantitative estimate of drug-likeness (QED) is 0.144. The van der Waals surface area contributed by atoms with Crippen molar-refractivity contribution in [1.29, 1.82) is 0 Å². The molecule has 8 aromatic carbocycles. The molecule has 0 saturated heterocycles. The molecule has 381 valence electrons. The van der Waals surface area contributed by atoms with Crippen LogP contribution in [0, 0.1) is 13.8 Å². The van der Waals surface area contributed by atoms with E-state index in [-0.39, 0.29) is 26.0 Å². The van der Waals surface area contributed by atoms with Gasteiger partial charge in [-0.05, 0) is 103 Å². The Balaban J connectivity index is 0.000000564. The van der Waals surface area contributed by atoms with Crippen LogP contribution in [0.15, 0.2) is 170 Å². The Bertz CT molecular complexity index is 2780. The molecule has 0 bridgehead atoms. The van der Waals surface area contributed by atoms with Crippen LogP contribution in [0.2, 0.25) is 0 Å². The molecule has 4 aliphatic carbocycles. The minimum Gasteiger partial charge on any atom is -0.194 e. The Kier molecular flexibility index (Phi) is 28.9. The van der Waals surface area contributed by atoms with Gasteiger partial charge in [-0.1, -0.05) is 318 Å².